The molecule has 6 heterocycles. The summed E-state index contributed by atoms with van der Waals surface area (Å²) in [6, 6.07) is 6.59. The molecule has 14 nitrogen and oxygen atoms in total. The number of halogens is 5. The Bertz CT molecular complexity index is 1910. The highest BCUT2D eigenvalue weighted by Gasteiger charge is 2.50. The molecule has 0 bridgehead atoms. The minimum atomic E-state index is -2.57. The van der Waals surface area contributed by atoms with Gasteiger partial charge in [-0.15, -0.1) is 0 Å². The SMILES string of the molecule is C.COc1nc(C2=NC(C3CC(F)(F)C3)CON2)ccc1-n1cnc(C)c1.COc1nc(C2=NC(C3CC(F)(F)C3)CON2)ccc1Br.Cc1cnc[nH]1. The number of hydroxylamine groups is 2. The minimum Gasteiger partial charge on any atom is -0.480 e. The number of imidazole rings is 2. The molecule has 19 heteroatoms. The van der Waals surface area contributed by atoms with Gasteiger partial charge in [0.05, 0.1) is 62.3 Å². The van der Waals surface area contributed by atoms with E-state index in [4.69, 9.17) is 19.1 Å². The van der Waals surface area contributed by atoms with Crippen molar-refractivity contribution >= 4 is 27.6 Å². The van der Waals surface area contributed by atoms with Crippen LogP contribution in [0.3, 0.4) is 0 Å². The standard InChI is InChI=1S/C17H19F2N5O2.C13H14BrF2N3O2.C4H6N2.CH4/c1-10-7-24(9-20-10)14-4-3-12(22-16(14)25-2)15-21-13(8-26-23-15)11-5-17(18,19)6-11;1-20-12-8(14)2-3-9(18-12)11-17-10(6-21-19-11)7-4-13(15,16)5-7;1-4-2-5-3-6-4;/h3-4,7,9,11,13H,5-6,8H2,1-2H3,(H,21,23);2-3,7,10H,4-6H2,1H3,(H,17,19);2-3H,1H3,(H,5,6);1H4. The van der Waals surface area contributed by atoms with E-state index >= 15 is 0 Å². The molecule has 2 atom stereocenters. The number of aromatic amines is 1. The van der Waals surface area contributed by atoms with Crippen molar-refractivity contribution in [3.8, 4) is 17.4 Å². The Morgan fingerprint density at radius 2 is 1.35 bits per heavy atom. The Kier molecular flexibility index (Phi) is 12.9. The van der Waals surface area contributed by atoms with Crippen LogP contribution in [0.1, 0.15) is 55.9 Å². The van der Waals surface area contributed by atoms with E-state index in [2.05, 4.69) is 61.8 Å². The lowest BCUT2D eigenvalue weighted by molar-refractivity contribution is -0.124. The van der Waals surface area contributed by atoms with Crippen molar-refractivity contribution in [2.24, 2.45) is 21.8 Å². The van der Waals surface area contributed by atoms with Crippen LogP contribution in [0.2, 0.25) is 0 Å². The van der Waals surface area contributed by atoms with Crippen molar-refractivity contribution in [1.29, 1.82) is 0 Å². The highest BCUT2D eigenvalue weighted by Crippen LogP contribution is 2.46. The van der Waals surface area contributed by atoms with E-state index in [-0.39, 0.29) is 70.2 Å². The lowest BCUT2D eigenvalue weighted by Crippen LogP contribution is -2.47. The number of aliphatic imine (C=N–C) groups is 2. The second kappa shape index (κ2) is 17.2. The smallest absolute Gasteiger partial charge is 0.248 e. The van der Waals surface area contributed by atoms with Crippen LogP contribution >= 0.6 is 15.9 Å². The normalized spacial score (nSPS) is 21.4. The number of rotatable bonds is 7. The first-order chi connectivity index (χ1) is 25.3. The molecule has 2 aliphatic carbocycles. The fourth-order valence-electron chi connectivity index (χ4n) is 6.02. The number of amidine groups is 2. The average Bonchev–Trinajstić information content (AvgIpc) is 3.80. The number of methoxy groups -OCH3 is 2. The van der Waals surface area contributed by atoms with Crippen LogP contribution in [-0.4, -0.2) is 92.5 Å². The molecule has 2 aliphatic heterocycles. The molecule has 2 saturated carbocycles. The molecule has 0 spiro atoms. The highest BCUT2D eigenvalue weighted by molar-refractivity contribution is 9.10. The third kappa shape index (κ3) is 9.92. The fraction of sp³-hybridized carbons (Fsp3) is 0.486. The zero-order valence-corrected chi connectivity index (χ0v) is 30.9. The number of nitrogens with one attached hydrogen (secondary N) is 3. The summed E-state index contributed by atoms with van der Waals surface area (Å²) in [4.78, 5) is 39.2. The molecule has 54 heavy (non-hydrogen) atoms. The number of hydrogen-bond donors (Lipinski definition) is 3. The number of pyridine rings is 2. The van der Waals surface area contributed by atoms with Crippen LogP contribution in [0.5, 0.6) is 11.8 Å². The van der Waals surface area contributed by atoms with Crippen molar-refractivity contribution in [2.75, 3.05) is 27.4 Å². The molecule has 4 aliphatic rings. The van der Waals surface area contributed by atoms with Gasteiger partial charge in [-0.2, -0.15) is 0 Å². The summed E-state index contributed by atoms with van der Waals surface area (Å²) in [7, 11) is 3.05. The first-order valence-electron chi connectivity index (χ1n) is 16.7. The van der Waals surface area contributed by atoms with E-state index in [9.17, 15) is 17.6 Å². The molecule has 292 valence electrons. The van der Waals surface area contributed by atoms with Crippen LogP contribution in [0.15, 0.2) is 63.8 Å². The van der Waals surface area contributed by atoms with Crippen LogP contribution in [0.4, 0.5) is 17.6 Å². The Morgan fingerprint density at radius 1 is 0.815 bits per heavy atom. The number of aryl methyl sites for hydroxylation is 2. The van der Waals surface area contributed by atoms with Gasteiger partial charge in [-0.05, 0) is 65.9 Å². The van der Waals surface area contributed by atoms with Gasteiger partial charge in [0.1, 0.15) is 17.1 Å². The zero-order chi connectivity index (χ0) is 37.8. The number of alkyl halides is 4. The van der Waals surface area contributed by atoms with Crippen molar-refractivity contribution in [3.05, 3.63) is 76.6 Å². The number of hydrogen-bond acceptors (Lipinski definition) is 12. The van der Waals surface area contributed by atoms with E-state index in [1.54, 1.807) is 37.1 Å². The fourth-order valence-corrected chi connectivity index (χ4v) is 6.40. The monoisotopic (exact) mass is 822 g/mol. The number of H-pyrrole nitrogens is 1. The summed E-state index contributed by atoms with van der Waals surface area (Å²) in [5.74, 6) is -3.75. The minimum absolute atomic E-state index is 0. The van der Waals surface area contributed by atoms with Crippen molar-refractivity contribution in [1.82, 2.24) is 40.4 Å². The molecular weight excluding hydrogens is 780 g/mol. The van der Waals surface area contributed by atoms with Crippen LogP contribution in [0.25, 0.3) is 5.69 Å². The molecule has 4 aromatic rings. The number of ether oxygens (including phenoxy) is 2. The maximum atomic E-state index is 13.1. The van der Waals surface area contributed by atoms with Gasteiger partial charge in [0.15, 0.2) is 11.7 Å². The molecule has 8 rings (SSSR count). The predicted octanol–water partition coefficient (Wildman–Crippen LogP) is 6.18. The predicted molar refractivity (Wildman–Crippen MR) is 195 cm³/mol. The summed E-state index contributed by atoms with van der Waals surface area (Å²) in [5, 5.41) is 0. The van der Waals surface area contributed by atoms with Gasteiger partial charge in [-0.3, -0.25) is 19.7 Å². The second-order valence-corrected chi connectivity index (χ2v) is 13.9. The van der Waals surface area contributed by atoms with E-state index in [0.29, 0.717) is 34.8 Å². The zero-order valence-electron chi connectivity index (χ0n) is 29.3. The molecular formula is C35H43BrF4N10O4. The Morgan fingerprint density at radius 3 is 1.78 bits per heavy atom. The lowest BCUT2D eigenvalue weighted by Gasteiger charge is -2.39. The molecule has 2 unspecified atom stereocenters. The largest absolute Gasteiger partial charge is 0.480 e. The molecule has 0 saturated heterocycles. The summed E-state index contributed by atoms with van der Waals surface area (Å²) >= 11 is 3.32. The third-order valence-corrected chi connectivity index (χ3v) is 9.52. The lowest BCUT2D eigenvalue weighted by atomic mass is 9.76. The highest BCUT2D eigenvalue weighted by atomic mass is 79.9. The molecule has 4 aromatic heterocycles. The Hall–Kier alpha value is -4.62. The molecule has 2 fully saturated rings. The van der Waals surface area contributed by atoms with Crippen LogP contribution in [-0.2, 0) is 9.68 Å². The van der Waals surface area contributed by atoms with Gasteiger partial charge in [-0.1, -0.05) is 7.43 Å². The quantitative estimate of drug-likeness (QED) is 0.184. The van der Waals surface area contributed by atoms with Gasteiger partial charge in [0.25, 0.3) is 0 Å². The summed E-state index contributed by atoms with van der Waals surface area (Å²) in [6.07, 6.45) is 6.44. The van der Waals surface area contributed by atoms with Gasteiger partial charge in [0.2, 0.25) is 23.6 Å². The third-order valence-electron chi connectivity index (χ3n) is 8.92. The van der Waals surface area contributed by atoms with Crippen molar-refractivity contribution < 1.29 is 36.7 Å². The summed E-state index contributed by atoms with van der Waals surface area (Å²) in [6.45, 7) is 4.42. The number of nitrogens with zero attached hydrogens (tertiary/aromatic N) is 7. The molecule has 3 N–H and O–H groups in total. The van der Waals surface area contributed by atoms with Gasteiger partial charge < -0.3 is 19.0 Å². The summed E-state index contributed by atoms with van der Waals surface area (Å²) < 4.78 is 65.3. The van der Waals surface area contributed by atoms with Crippen LogP contribution < -0.4 is 20.4 Å². The summed E-state index contributed by atoms with van der Waals surface area (Å²) in [5.41, 5.74) is 9.22. The first-order valence-corrected chi connectivity index (χ1v) is 17.5. The van der Waals surface area contributed by atoms with Crippen molar-refractivity contribution in [3.63, 3.8) is 0 Å². The average molecular weight is 824 g/mol. The topological polar surface area (TPSA) is 158 Å². The van der Waals surface area contributed by atoms with Crippen molar-refractivity contribution in [2.45, 2.75) is 70.9 Å². The van der Waals surface area contributed by atoms with Gasteiger partial charge >= 0.3 is 0 Å². The first kappa shape index (κ1) is 40.6. The van der Waals surface area contributed by atoms with E-state index in [1.807, 2.05) is 30.7 Å². The number of aromatic nitrogens is 6. The van der Waals surface area contributed by atoms with Gasteiger partial charge in [-0.25, -0.2) is 48.5 Å². The molecule has 0 aromatic carbocycles. The Balaban J connectivity index is 0.000000180. The van der Waals surface area contributed by atoms with E-state index < -0.39 is 11.8 Å². The van der Waals surface area contributed by atoms with Crippen LogP contribution in [0, 0.1) is 25.7 Å². The van der Waals surface area contributed by atoms with E-state index in [1.165, 1.54) is 14.2 Å². The molecule has 0 radical (unpaired) electrons. The molecule has 0 amide bonds. The Labute approximate surface area is 318 Å². The maximum Gasteiger partial charge on any atom is 0.248 e. The van der Waals surface area contributed by atoms with Gasteiger partial charge in [0, 0.05) is 43.8 Å². The maximum absolute atomic E-state index is 13.1. The van der Waals surface area contributed by atoms with E-state index in [0.717, 1.165) is 21.5 Å². The second-order valence-electron chi connectivity index (χ2n) is 13.0.